The number of piperidine rings is 1. The van der Waals surface area contributed by atoms with Gasteiger partial charge in [0.2, 0.25) is 0 Å². The lowest BCUT2D eigenvalue weighted by Crippen LogP contribution is -2.48. The molecule has 3 nitrogen and oxygen atoms in total. The highest BCUT2D eigenvalue weighted by molar-refractivity contribution is 5.82. The smallest absolute Gasteiger partial charge is 0.123 e. The van der Waals surface area contributed by atoms with E-state index in [0.717, 1.165) is 0 Å². The minimum atomic E-state index is -2.86. The van der Waals surface area contributed by atoms with Gasteiger partial charge in [0.1, 0.15) is 1.41 Å². The van der Waals surface area contributed by atoms with Gasteiger partial charge in [-0.1, -0.05) is 6.92 Å². The molecule has 3 atom stereocenters. The standard InChI is InChI=1S/C18H23N3/c1-9-16-14(13-7-18(16,5)12(4)19-8-13)6-15-17(9)21-11(3)10(2)20-15/h6,12-13,19H,7-8H2,1-5H3/t12?,13-,18+/m0/s1/i6D,7D2,8D2,12D,13D/hD. The Balaban J connectivity index is 2.33. The van der Waals surface area contributed by atoms with Crippen LogP contribution in [0.1, 0.15) is 63.8 Å². The lowest BCUT2D eigenvalue weighted by molar-refractivity contribution is 0.268. The van der Waals surface area contributed by atoms with E-state index in [9.17, 15) is 0 Å². The number of nitrogens with one attached hydrogen (secondary N) is 1. The maximum Gasteiger partial charge on any atom is 0.123 e. The van der Waals surface area contributed by atoms with Gasteiger partial charge in [0.25, 0.3) is 0 Å². The molecule has 3 heteroatoms. The molecule has 2 aromatic rings. The number of aryl methyl sites for hydroxylation is 3. The number of aromatic nitrogens is 2. The van der Waals surface area contributed by atoms with Crippen molar-refractivity contribution >= 4 is 11.0 Å². The SMILES string of the molecule is [2H]c1c2c(c(C)c3nc(C)c(C)nc13)[C@@]1(C)C([2H])(C)N([2H])C([2H])([2H])[C@]2([2H])C1([2H])[2H]. The predicted octanol–water partition coefficient (Wildman–Crippen LogP) is 3.29. The molecule has 21 heavy (non-hydrogen) atoms. The molecule has 1 N–H and O–H groups in total. The minimum absolute atomic E-state index is 0.134. The van der Waals surface area contributed by atoms with E-state index in [4.69, 9.17) is 11.0 Å². The van der Waals surface area contributed by atoms with Crippen molar-refractivity contribution < 1.29 is 11.0 Å². The number of benzene rings is 1. The first-order chi connectivity index (χ1) is 13.0. The van der Waals surface area contributed by atoms with Crippen molar-refractivity contribution in [2.75, 3.05) is 6.50 Å². The van der Waals surface area contributed by atoms with Gasteiger partial charge in [0.15, 0.2) is 0 Å². The summed E-state index contributed by atoms with van der Waals surface area (Å²) in [6.07, 6.45) is -2.57. The Labute approximate surface area is 137 Å². The highest BCUT2D eigenvalue weighted by Gasteiger charge is 2.48. The lowest BCUT2D eigenvalue weighted by atomic mass is 9.74. The predicted molar refractivity (Wildman–Crippen MR) is 85.9 cm³/mol. The maximum atomic E-state index is 9.08. The third-order valence-corrected chi connectivity index (χ3v) is 4.71. The van der Waals surface area contributed by atoms with Crippen molar-refractivity contribution in [3.05, 3.63) is 34.1 Å². The molecular weight excluding hydrogens is 258 g/mol. The molecule has 2 bridgehead atoms. The van der Waals surface area contributed by atoms with E-state index in [1.54, 1.807) is 20.8 Å². The van der Waals surface area contributed by atoms with E-state index in [1.807, 2.05) is 0 Å². The second-order valence-corrected chi connectivity index (χ2v) is 6.03. The van der Waals surface area contributed by atoms with Crippen molar-refractivity contribution in [1.29, 1.82) is 0 Å². The minimum Gasteiger partial charge on any atom is -0.313 e. The fraction of sp³-hybridized carbons (Fsp3) is 0.556. The van der Waals surface area contributed by atoms with E-state index < -0.39 is 30.2 Å². The normalized spacial score (nSPS) is 49.0. The first-order valence-corrected chi connectivity index (χ1v) is 7.09. The fourth-order valence-corrected chi connectivity index (χ4v) is 3.23. The topological polar surface area (TPSA) is 37.8 Å². The Morgan fingerprint density at radius 3 is 2.90 bits per heavy atom. The summed E-state index contributed by atoms with van der Waals surface area (Å²) in [6.45, 7) is 5.10. The summed E-state index contributed by atoms with van der Waals surface area (Å²) in [5.74, 6) is -2.59. The van der Waals surface area contributed by atoms with Gasteiger partial charge < -0.3 is 5.31 Å². The quantitative estimate of drug-likeness (QED) is 0.808. The molecule has 4 rings (SSSR count). The van der Waals surface area contributed by atoms with Crippen molar-refractivity contribution in [1.82, 2.24) is 15.3 Å². The van der Waals surface area contributed by atoms with Gasteiger partial charge in [-0.05, 0) is 62.7 Å². The van der Waals surface area contributed by atoms with Crippen LogP contribution in [0.2, 0.25) is 1.41 Å². The van der Waals surface area contributed by atoms with Crippen LogP contribution in [0, 0.1) is 20.8 Å². The zero-order valence-corrected chi connectivity index (χ0v) is 12.8. The molecule has 1 saturated heterocycles. The molecule has 110 valence electrons. The maximum absolute atomic E-state index is 9.08. The summed E-state index contributed by atoms with van der Waals surface area (Å²) in [5.41, 5.74) is 0.635. The third kappa shape index (κ3) is 1.58. The van der Waals surface area contributed by atoms with Gasteiger partial charge in [-0.25, -0.2) is 9.97 Å². The second-order valence-electron chi connectivity index (χ2n) is 6.03. The van der Waals surface area contributed by atoms with Crippen LogP contribution in [0.3, 0.4) is 0 Å². The number of fused-ring (bicyclic) bond motifs is 6. The summed E-state index contributed by atoms with van der Waals surface area (Å²) >= 11 is 0. The van der Waals surface area contributed by atoms with Crippen LogP contribution in [-0.4, -0.2) is 22.5 Å². The van der Waals surface area contributed by atoms with Crippen molar-refractivity contribution in [3.63, 3.8) is 0 Å². The molecule has 1 unspecified atom stereocenters. The molecule has 1 fully saturated rings. The Bertz CT molecular complexity index is 1020. The first-order valence-electron chi connectivity index (χ1n) is 11.0. The number of hydrogen-bond donors (Lipinski definition) is 1. The average Bonchev–Trinajstić information content (AvgIpc) is 2.75. The highest BCUT2D eigenvalue weighted by Crippen LogP contribution is 2.52. The molecule has 1 aliphatic carbocycles. The van der Waals surface area contributed by atoms with E-state index in [1.165, 1.54) is 13.8 Å². The van der Waals surface area contributed by atoms with Gasteiger partial charge >= 0.3 is 0 Å². The Hall–Kier alpha value is -1.48. The fourth-order valence-electron chi connectivity index (χ4n) is 3.23. The van der Waals surface area contributed by atoms with E-state index in [-0.39, 0.29) is 22.7 Å². The molecule has 1 aliphatic heterocycles. The third-order valence-electron chi connectivity index (χ3n) is 4.71. The van der Waals surface area contributed by atoms with Crippen molar-refractivity contribution in [3.8, 4) is 0 Å². The monoisotopic (exact) mass is 289 g/mol. The van der Waals surface area contributed by atoms with E-state index in [0.29, 0.717) is 27.8 Å². The van der Waals surface area contributed by atoms with Crippen molar-refractivity contribution in [2.45, 2.75) is 58.3 Å². The summed E-state index contributed by atoms with van der Waals surface area (Å²) in [4.78, 5) is 9.00. The zero-order chi connectivity index (χ0) is 22.1. The molecule has 0 amide bonds. The highest BCUT2D eigenvalue weighted by atomic mass is 15.0. The summed E-state index contributed by atoms with van der Waals surface area (Å²) in [6, 6.07) is -2.30. The van der Waals surface area contributed by atoms with Gasteiger partial charge in [0, 0.05) is 26.2 Å². The molecule has 0 spiro atoms. The molecule has 1 aromatic heterocycles. The summed E-state index contributed by atoms with van der Waals surface area (Å²) in [5, 5.41) is 0.384. The molecule has 0 saturated carbocycles. The Morgan fingerprint density at radius 1 is 1.43 bits per heavy atom. The van der Waals surface area contributed by atoms with Gasteiger partial charge in [-0.2, -0.15) is 0 Å². The van der Waals surface area contributed by atoms with Gasteiger partial charge in [-0.15, -0.1) is 0 Å². The van der Waals surface area contributed by atoms with Crippen LogP contribution in [0.5, 0.6) is 0 Å². The zero-order valence-electron chi connectivity index (χ0n) is 20.8. The molecule has 2 heterocycles. The molecule has 1 aromatic carbocycles. The number of nitrogens with zero attached hydrogens (tertiary/aromatic N) is 2. The van der Waals surface area contributed by atoms with Crippen LogP contribution in [0.15, 0.2) is 6.04 Å². The van der Waals surface area contributed by atoms with E-state index in [2.05, 4.69) is 9.97 Å². The number of rotatable bonds is 0. The summed E-state index contributed by atoms with van der Waals surface area (Å²) in [7, 11) is 0. The Morgan fingerprint density at radius 2 is 2.14 bits per heavy atom. The van der Waals surface area contributed by atoms with E-state index >= 15 is 0 Å². The van der Waals surface area contributed by atoms with Crippen LogP contribution in [0.25, 0.3) is 11.0 Å². The van der Waals surface area contributed by atoms with Gasteiger partial charge in [-0.3, -0.25) is 0 Å². The van der Waals surface area contributed by atoms with Crippen LogP contribution in [0.4, 0.5) is 0 Å². The summed E-state index contributed by atoms with van der Waals surface area (Å²) < 4.78 is 69.9. The van der Waals surface area contributed by atoms with Crippen LogP contribution in [-0.2, 0) is 5.41 Å². The first kappa shape index (κ1) is 7.19. The molecule has 0 radical (unpaired) electrons. The average molecular weight is 289 g/mol. The lowest BCUT2D eigenvalue weighted by Gasteiger charge is -2.38. The van der Waals surface area contributed by atoms with Gasteiger partial charge in [0.05, 0.1) is 23.8 Å². The second kappa shape index (κ2) is 4.04. The largest absolute Gasteiger partial charge is 0.313 e. The number of hydrogen-bond acceptors (Lipinski definition) is 3. The molecule has 2 aliphatic rings. The Kier molecular flexibility index (Phi) is 1.38. The van der Waals surface area contributed by atoms with Crippen LogP contribution < -0.4 is 5.31 Å². The molecular formula is C18H23N3. The van der Waals surface area contributed by atoms with Crippen LogP contribution >= 0.6 is 0 Å². The van der Waals surface area contributed by atoms with Crippen molar-refractivity contribution in [2.24, 2.45) is 0 Å².